The van der Waals surface area contributed by atoms with E-state index in [0.717, 1.165) is 57.8 Å². The number of halogens is 6. The Balaban J connectivity index is 2.78. The molecule has 0 radical (unpaired) electrons. The van der Waals surface area contributed by atoms with Crippen LogP contribution >= 0.6 is 0 Å². The molecule has 5 nitrogen and oxygen atoms in total. The van der Waals surface area contributed by atoms with Crippen molar-refractivity contribution >= 4 is 11.9 Å². The van der Waals surface area contributed by atoms with Crippen molar-refractivity contribution < 1.29 is 50.5 Å². The Labute approximate surface area is 171 Å². The molecule has 0 bridgehead atoms. The molecule has 176 valence electrons. The van der Waals surface area contributed by atoms with E-state index in [2.05, 4.69) is 4.74 Å². The number of carbonyl (C=O) groups excluding carboxylic acids is 2. The summed E-state index contributed by atoms with van der Waals surface area (Å²) in [5, 5.41) is 10.5. The van der Waals surface area contributed by atoms with Crippen LogP contribution in [0.15, 0.2) is 0 Å². The van der Waals surface area contributed by atoms with Crippen LogP contribution in [-0.4, -0.2) is 42.6 Å². The van der Waals surface area contributed by atoms with Crippen LogP contribution in [0.2, 0.25) is 0 Å². The van der Waals surface area contributed by atoms with Gasteiger partial charge >= 0.3 is 23.9 Å². The highest BCUT2D eigenvalue weighted by Gasteiger charge is 2.74. The number of hydrogen-bond donors (Lipinski definition) is 0. The Kier molecular flexibility index (Phi) is 10.4. The van der Waals surface area contributed by atoms with Crippen LogP contribution in [0.1, 0.15) is 77.0 Å². The highest BCUT2D eigenvalue weighted by atomic mass is 19.4. The van der Waals surface area contributed by atoms with E-state index in [1.165, 1.54) is 0 Å². The zero-order valence-corrected chi connectivity index (χ0v) is 16.6. The first-order valence-corrected chi connectivity index (χ1v) is 10.1. The topological polar surface area (TPSA) is 75.7 Å². The van der Waals surface area contributed by atoms with Crippen molar-refractivity contribution in [1.82, 2.24) is 0 Å². The van der Waals surface area contributed by atoms with Gasteiger partial charge in [-0.1, -0.05) is 57.8 Å². The number of ether oxygens (including phenoxy) is 2. The molecular formula is C19H27F6O5-. The van der Waals surface area contributed by atoms with Crippen molar-refractivity contribution in [2.24, 2.45) is 0 Å². The minimum absolute atomic E-state index is 0.496. The molecule has 0 amide bonds. The highest BCUT2D eigenvalue weighted by Crippen LogP contribution is 2.48. The Hall–Kier alpha value is -1.52. The summed E-state index contributed by atoms with van der Waals surface area (Å²) in [6.45, 7) is -1.13. The van der Waals surface area contributed by atoms with Crippen molar-refractivity contribution in [2.75, 3.05) is 6.61 Å². The molecule has 0 saturated heterocycles. The Morgan fingerprint density at radius 3 is 1.53 bits per heavy atom. The second-order valence-electron chi connectivity index (χ2n) is 7.54. The van der Waals surface area contributed by atoms with Gasteiger partial charge in [-0.2, -0.15) is 26.3 Å². The third kappa shape index (κ3) is 8.31. The molecule has 1 aliphatic rings. The zero-order chi connectivity index (χ0) is 22.8. The van der Waals surface area contributed by atoms with Crippen molar-refractivity contribution in [2.45, 2.75) is 101 Å². The van der Waals surface area contributed by atoms with Gasteiger partial charge in [0.15, 0.2) is 0 Å². The summed E-state index contributed by atoms with van der Waals surface area (Å²) in [5.74, 6) is -4.59. The predicted molar refractivity (Wildman–Crippen MR) is 91.1 cm³/mol. The van der Waals surface area contributed by atoms with E-state index in [9.17, 15) is 41.0 Å². The van der Waals surface area contributed by atoms with E-state index in [-0.39, 0.29) is 0 Å². The Morgan fingerprint density at radius 2 is 1.17 bits per heavy atom. The molecule has 0 aromatic heterocycles. The number of hydrogen-bond acceptors (Lipinski definition) is 5. The fraction of sp³-hybridized carbons (Fsp3) is 0.895. The van der Waals surface area contributed by atoms with Crippen LogP contribution in [0.3, 0.4) is 0 Å². The van der Waals surface area contributed by atoms with Gasteiger partial charge in [0, 0.05) is 12.4 Å². The molecule has 0 heterocycles. The molecule has 0 unspecified atom stereocenters. The van der Waals surface area contributed by atoms with Gasteiger partial charge in [0.05, 0.1) is 6.10 Å². The SMILES string of the molecule is O=C([O-])CC(OC(=O)COC1CCCCCCCCCCC1)(C(F)(F)F)C(F)(F)F. The van der Waals surface area contributed by atoms with Gasteiger partial charge in [-0.3, -0.25) is 0 Å². The molecule has 11 heteroatoms. The van der Waals surface area contributed by atoms with Crippen LogP contribution in [-0.2, 0) is 19.1 Å². The average molecular weight is 449 g/mol. The van der Waals surface area contributed by atoms with Gasteiger partial charge in [0.1, 0.15) is 6.61 Å². The van der Waals surface area contributed by atoms with Crippen LogP contribution in [0.4, 0.5) is 26.3 Å². The Bertz CT molecular complexity index is 521. The number of aliphatic carboxylic acids is 1. The fourth-order valence-electron chi connectivity index (χ4n) is 3.42. The molecule has 0 atom stereocenters. The summed E-state index contributed by atoms with van der Waals surface area (Å²) in [6.07, 6.45) is -5.65. The van der Waals surface area contributed by atoms with Gasteiger partial charge in [0.2, 0.25) is 0 Å². The minimum Gasteiger partial charge on any atom is -0.550 e. The second-order valence-corrected chi connectivity index (χ2v) is 7.54. The highest BCUT2D eigenvalue weighted by molar-refractivity contribution is 5.73. The average Bonchev–Trinajstić information content (AvgIpc) is 2.58. The van der Waals surface area contributed by atoms with E-state index in [4.69, 9.17) is 4.74 Å². The van der Waals surface area contributed by atoms with Gasteiger partial charge in [-0.25, -0.2) is 4.79 Å². The molecule has 1 fully saturated rings. The molecule has 0 aromatic carbocycles. The molecular weight excluding hydrogens is 422 g/mol. The molecule has 0 spiro atoms. The normalized spacial score (nSPS) is 18.9. The number of carboxylic acid groups (broad SMARTS) is 1. The number of alkyl halides is 6. The second kappa shape index (κ2) is 11.8. The lowest BCUT2D eigenvalue weighted by molar-refractivity contribution is -0.381. The molecule has 1 rings (SSSR count). The Morgan fingerprint density at radius 1 is 0.767 bits per heavy atom. The first-order valence-electron chi connectivity index (χ1n) is 10.1. The largest absolute Gasteiger partial charge is 0.550 e. The van der Waals surface area contributed by atoms with E-state index >= 15 is 0 Å². The van der Waals surface area contributed by atoms with Gasteiger partial charge in [-0.05, 0) is 12.8 Å². The summed E-state index contributed by atoms with van der Waals surface area (Å²) in [7, 11) is 0. The van der Waals surface area contributed by atoms with Gasteiger partial charge < -0.3 is 19.4 Å². The quantitative estimate of drug-likeness (QED) is 0.448. The lowest BCUT2D eigenvalue weighted by atomic mass is 9.97. The van der Waals surface area contributed by atoms with E-state index < -0.39 is 49.0 Å². The van der Waals surface area contributed by atoms with Crippen molar-refractivity contribution in [3.05, 3.63) is 0 Å². The maximum absolute atomic E-state index is 13.1. The van der Waals surface area contributed by atoms with Crippen LogP contribution in [0.25, 0.3) is 0 Å². The van der Waals surface area contributed by atoms with Crippen molar-refractivity contribution in [1.29, 1.82) is 0 Å². The third-order valence-corrected chi connectivity index (χ3v) is 5.09. The first-order chi connectivity index (χ1) is 13.9. The van der Waals surface area contributed by atoms with E-state index in [0.29, 0.717) is 12.8 Å². The lowest BCUT2D eigenvalue weighted by Crippen LogP contribution is -2.62. The molecule has 30 heavy (non-hydrogen) atoms. The maximum atomic E-state index is 13.1. The molecule has 0 aromatic rings. The van der Waals surface area contributed by atoms with Crippen LogP contribution < -0.4 is 5.11 Å². The van der Waals surface area contributed by atoms with Gasteiger partial charge in [0.25, 0.3) is 0 Å². The molecule has 0 aliphatic heterocycles. The number of carboxylic acids is 1. The fourth-order valence-corrected chi connectivity index (χ4v) is 3.42. The lowest BCUT2D eigenvalue weighted by Gasteiger charge is -2.36. The smallest absolute Gasteiger partial charge is 0.437 e. The van der Waals surface area contributed by atoms with Gasteiger partial charge in [-0.15, -0.1) is 0 Å². The van der Waals surface area contributed by atoms with E-state index in [1.54, 1.807) is 0 Å². The van der Waals surface area contributed by atoms with Crippen molar-refractivity contribution in [3.63, 3.8) is 0 Å². The summed E-state index contributed by atoms with van der Waals surface area (Å²) < 4.78 is 87.6. The maximum Gasteiger partial charge on any atom is 0.437 e. The zero-order valence-electron chi connectivity index (χ0n) is 16.6. The molecule has 1 aliphatic carbocycles. The number of esters is 1. The molecule has 1 saturated carbocycles. The minimum atomic E-state index is -6.20. The summed E-state index contributed by atoms with van der Waals surface area (Å²) >= 11 is 0. The van der Waals surface area contributed by atoms with Crippen LogP contribution in [0, 0.1) is 0 Å². The van der Waals surface area contributed by atoms with Crippen LogP contribution in [0.5, 0.6) is 0 Å². The monoisotopic (exact) mass is 449 g/mol. The summed E-state index contributed by atoms with van der Waals surface area (Å²) in [4.78, 5) is 22.3. The first kappa shape index (κ1) is 26.5. The number of rotatable bonds is 6. The standard InChI is InChI=1S/C19H28F6O5/c20-18(21,22)17(12-15(26)27,19(23,24)25)30-16(28)13-29-14-10-8-6-4-2-1-3-5-7-9-11-14/h14H,1-13H2,(H,26,27)/p-1. The predicted octanol–water partition coefficient (Wildman–Crippen LogP) is 4.22. The third-order valence-electron chi connectivity index (χ3n) is 5.09. The molecule has 0 N–H and O–H groups in total. The van der Waals surface area contributed by atoms with E-state index in [1.807, 2.05) is 0 Å². The van der Waals surface area contributed by atoms with Crippen molar-refractivity contribution in [3.8, 4) is 0 Å². The summed E-state index contributed by atoms with van der Waals surface area (Å²) in [6, 6.07) is 0. The summed E-state index contributed by atoms with van der Waals surface area (Å²) in [5.41, 5.74) is -5.19. The number of carbonyl (C=O) groups is 2.